The number of benzene rings is 1. The Kier molecular flexibility index (Phi) is 3.33. The van der Waals surface area contributed by atoms with Gasteiger partial charge in [0.15, 0.2) is 0 Å². The highest BCUT2D eigenvalue weighted by molar-refractivity contribution is 5.81. The minimum absolute atomic E-state index is 0.0555. The Morgan fingerprint density at radius 1 is 1.25 bits per heavy atom. The lowest BCUT2D eigenvalue weighted by Crippen LogP contribution is -2.11. The number of rotatable bonds is 4. The number of pyridine rings is 1. The van der Waals surface area contributed by atoms with Crippen molar-refractivity contribution in [2.24, 2.45) is 0 Å². The maximum absolute atomic E-state index is 12.9. The molecule has 0 aliphatic carbocycles. The Morgan fingerprint density at radius 2 is 2.15 bits per heavy atom. The molecule has 4 nitrogen and oxygen atoms in total. The van der Waals surface area contributed by atoms with E-state index in [0.717, 1.165) is 28.7 Å². The molecule has 102 valence electrons. The average Bonchev–Trinajstić information content (AvgIpc) is 2.93. The number of fused-ring (bicyclic) bond motifs is 1. The molecule has 3 rings (SSSR count). The fourth-order valence-corrected chi connectivity index (χ4v) is 2.21. The molecule has 0 spiro atoms. The molecule has 0 radical (unpaired) electrons. The summed E-state index contributed by atoms with van der Waals surface area (Å²) in [6, 6.07) is 9.21. The van der Waals surface area contributed by atoms with Gasteiger partial charge in [-0.05, 0) is 36.8 Å². The summed E-state index contributed by atoms with van der Waals surface area (Å²) in [5.74, 6) is -0.316. The summed E-state index contributed by atoms with van der Waals surface area (Å²) in [4.78, 5) is 4.14. The predicted molar refractivity (Wildman–Crippen MR) is 76.9 cm³/mol. The Morgan fingerprint density at radius 3 is 2.90 bits per heavy atom. The lowest BCUT2D eigenvalue weighted by Gasteiger charge is -2.17. The summed E-state index contributed by atoms with van der Waals surface area (Å²) in [7, 11) is 0. The van der Waals surface area contributed by atoms with Gasteiger partial charge in [-0.1, -0.05) is 6.92 Å². The van der Waals surface area contributed by atoms with E-state index in [1.165, 1.54) is 12.3 Å². The van der Waals surface area contributed by atoms with Gasteiger partial charge in [-0.25, -0.2) is 4.39 Å². The van der Waals surface area contributed by atoms with E-state index in [0.29, 0.717) is 0 Å². The second kappa shape index (κ2) is 5.28. The standard InChI is InChI=1S/C15H15FN4/c1-2-13(15-5-3-11(16)9-17-15)19-12-4-6-14-10(7-12)8-18-20-14/h3-9,13,19H,2H2,1H3,(H,18,20). The van der Waals surface area contributed by atoms with Crippen LogP contribution in [0.2, 0.25) is 0 Å². The summed E-state index contributed by atoms with van der Waals surface area (Å²) in [6.45, 7) is 2.07. The molecule has 5 heteroatoms. The Balaban J connectivity index is 1.84. The van der Waals surface area contributed by atoms with Crippen LogP contribution in [0.1, 0.15) is 25.1 Å². The van der Waals surface area contributed by atoms with Crippen molar-refractivity contribution in [3.05, 3.63) is 54.2 Å². The van der Waals surface area contributed by atoms with Crippen LogP contribution in [0.25, 0.3) is 10.9 Å². The highest BCUT2D eigenvalue weighted by Crippen LogP contribution is 2.23. The number of H-pyrrole nitrogens is 1. The molecule has 3 aromatic rings. The Labute approximate surface area is 116 Å². The van der Waals surface area contributed by atoms with E-state index in [2.05, 4.69) is 27.4 Å². The average molecular weight is 270 g/mol. The van der Waals surface area contributed by atoms with E-state index in [4.69, 9.17) is 0 Å². The number of halogens is 1. The maximum Gasteiger partial charge on any atom is 0.141 e. The zero-order valence-corrected chi connectivity index (χ0v) is 11.1. The van der Waals surface area contributed by atoms with E-state index < -0.39 is 0 Å². The summed E-state index contributed by atoms with van der Waals surface area (Å²) >= 11 is 0. The highest BCUT2D eigenvalue weighted by Gasteiger charge is 2.11. The van der Waals surface area contributed by atoms with Crippen LogP contribution in [0.15, 0.2) is 42.7 Å². The number of aromatic nitrogens is 3. The first-order valence-electron chi connectivity index (χ1n) is 6.57. The number of hydrogen-bond donors (Lipinski definition) is 2. The van der Waals surface area contributed by atoms with Gasteiger partial charge in [0.1, 0.15) is 5.82 Å². The first-order valence-corrected chi connectivity index (χ1v) is 6.57. The molecule has 0 amide bonds. The second-order valence-corrected chi connectivity index (χ2v) is 4.68. The van der Waals surface area contributed by atoms with Crippen LogP contribution in [0.5, 0.6) is 0 Å². The molecule has 20 heavy (non-hydrogen) atoms. The van der Waals surface area contributed by atoms with E-state index >= 15 is 0 Å². The lowest BCUT2D eigenvalue weighted by atomic mass is 10.1. The topological polar surface area (TPSA) is 53.6 Å². The molecule has 2 N–H and O–H groups in total. The van der Waals surface area contributed by atoms with Crippen LogP contribution < -0.4 is 5.32 Å². The van der Waals surface area contributed by atoms with Crippen LogP contribution in [0, 0.1) is 5.82 Å². The molecule has 1 atom stereocenters. The molecule has 0 aliphatic rings. The largest absolute Gasteiger partial charge is 0.377 e. The third kappa shape index (κ3) is 2.47. The molecule has 0 aliphatic heterocycles. The van der Waals surface area contributed by atoms with Crippen LogP contribution in [0.4, 0.5) is 10.1 Å². The van der Waals surface area contributed by atoms with Gasteiger partial charge in [0.05, 0.1) is 29.6 Å². The molecule has 2 heterocycles. The van der Waals surface area contributed by atoms with Crippen molar-refractivity contribution in [1.29, 1.82) is 0 Å². The highest BCUT2D eigenvalue weighted by atomic mass is 19.1. The minimum Gasteiger partial charge on any atom is -0.377 e. The van der Waals surface area contributed by atoms with Crippen molar-refractivity contribution in [3.8, 4) is 0 Å². The smallest absolute Gasteiger partial charge is 0.141 e. The molecule has 1 unspecified atom stereocenters. The summed E-state index contributed by atoms with van der Waals surface area (Å²) in [5.41, 5.74) is 2.83. The molecule has 1 aromatic carbocycles. The van der Waals surface area contributed by atoms with Crippen molar-refractivity contribution in [1.82, 2.24) is 15.2 Å². The summed E-state index contributed by atoms with van der Waals surface area (Å²) in [5, 5.41) is 11.4. The van der Waals surface area contributed by atoms with Crippen molar-refractivity contribution in [3.63, 3.8) is 0 Å². The number of aromatic amines is 1. The SMILES string of the molecule is CCC(Nc1ccc2[nH]ncc2c1)c1ccc(F)cn1. The van der Waals surface area contributed by atoms with Crippen LogP contribution in [-0.2, 0) is 0 Å². The molecular weight excluding hydrogens is 255 g/mol. The van der Waals surface area contributed by atoms with E-state index in [1.807, 2.05) is 18.2 Å². The number of hydrogen-bond acceptors (Lipinski definition) is 3. The number of anilines is 1. The Hall–Kier alpha value is -2.43. The zero-order chi connectivity index (χ0) is 13.9. The van der Waals surface area contributed by atoms with E-state index in [-0.39, 0.29) is 11.9 Å². The molecular formula is C15H15FN4. The van der Waals surface area contributed by atoms with Gasteiger partial charge in [-0.2, -0.15) is 5.10 Å². The summed E-state index contributed by atoms with van der Waals surface area (Å²) < 4.78 is 12.9. The zero-order valence-electron chi connectivity index (χ0n) is 11.1. The van der Waals surface area contributed by atoms with Crippen LogP contribution in [-0.4, -0.2) is 15.2 Å². The van der Waals surface area contributed by atoms with Crippen LogP contribution in [0.3, 0.4) is 0 Å². The fraction of sp³-hybridized carbons (Fsp3) is 0.200. The van der Waals surface area contributed by atoms with E-state index in [9.17, 15) is 4.39 Å². The third-order valence-corrected chi connectivity index (χ3v) is 3.30. The fourth-order valence-electron chi connectivity index (χ4n) is 2.21. The monoisotopic (exact) mass is 270 g/mol. The second-order valence-electron chi connectivity index (χ2n) is 4.68. The van der Waals surface area contributed by atoms with Crippen molar-refractivity contribution in [2.45, 2.75) is 19.4 Å². The van der Waals surface area contributed by atoms with Gasteiger partial charge in [0, 0.05) is 11.1 Å². The molecule has 0 bridgehead atoms. The van der Waals surface area contributed by atoms with Crippen molar-refractivity contribution in [2.75, 3.05) is 5.32 Å². The Bertz CT molecular complexity index is 705. The molecule has 0 fully saturated rings. The van der Waals surface area contributed by atoms with Gasteiger partial charge in [-0.3, -0.25) is 10.1 Å². The first-order chi connectivity index (χ1) is 9.76. The normalized spacial score (nSPS) is 12.5. The third-order valence-electron chi connectivity index (χ3n) is 3.30. The summed E-state index contributed by atoms with van der Waals surface area (Å²) in [6.07, 6.45) is 3.90. The van der Waals surface area contributed by atoms with E-state index in [1.54, 1.807) is 12.3 Å². The van der Waals surface area contributed by atoms with Crippen molar-refractivity contribution >= 4 is 16.6 Å². The van der Waals surface area contributed by atoms with Gasteiger partial charge < -0.3 is 5.32 Å². The first kappa shape index (κ1) is 12.6. The lowest BCUT2D eigenvalue weighted by molar-refractivity contribution is 0.614. The van der Waals surface area contributed by atoms with Crippen LogP contribution >= 0.6 is 0 Å². The number of nitrogens with one attached hydrogen (secondary N) is 2. The molecule has 2 aromatic heterocycles. The molecule has 0 saturated carbocycles. The van der Waals surface area contributed by atoms with Gasteiger partial charge >= 0.3 is 0 Å². The maximum atomic E-state index is 12.9. The minimum atomic E-state index is -0.316. The predicted octanol–water partition coefficient (Wildman–Crippen LogP) is 3.66. The molecule has 0 saturated heterocycles. The van der Waals surface area contributed by atoms with Gasteiger partial charge in [-0.15, -0.1) is 0 Å². The number of nitrogens with zero attached hydrogens (tertiary/aromatic N) is 2. The van der Waals surface area contributed by atoms with Gasteiger partial charge in [0.2, 0.25) is 0 Å². The van der Waals surface area contributed by atoms with Gasteiger partial charge in [0.25, 0.3) is 0 Å². The van der Waals surface area contributed by atoms with Crippen molar-refractivity contribution < 1.29 is 4.39 Å². The quantitative estimate of drug-likeness (QED) is 0.760.